The van der Waals surface area contributed by atoms with Crippen LogP contribution in [-0.4, -0.2) is 31.2 Å². The molecular weight excluding hydrogens is 390 g/mol. The second-order valence-electron chi connectivity index (χ2n) is 6.47. The van der Waals surface area contributed by atoms with Crippen molar-refractivity contribution in [3.63, 3.8) is 0 Å². The van der Waals surface area contributed by atoms with Crippen molar-refractivity contribution in [3.05, 3.63) is 77.4 Å². The van der Waals surface area contributed by atoms with Gasteiger partial charge in [-0.05, 0) is 35.2 Å². The number of pyridine rings is 1. The predicted molar refractivity (Wildman–Crippen MR) is 108 cm³/mol. The summed E-state index contributed by atoms with van der Waals surface area (Å²) in [7, 11) is 0. The molecule has 7 nitrogen and oxygen atoms in total. The predicted octanol–water partition coefficient (Wildman–Crippen LogP) is 4.33. The molecule has 8 heteroatoms. The first kappa shape index (κ1) is 17.3. The lowest BCUT2D eigenvalue weighted by Crippen LogP contribution is -2.08. The van der Waals surface area contributed by atoms with E-state index in [1.54, 1.807) is 36.0 Å². The molecule has 5 rings (SSSR count). The van der Waals surface area contributed by atoms with Crippen LogP contribution in [0.2, 0.25) is 0 Å². The topological polar surface area (TPSA) is 97.7 Å². The third-order valence-electron chi connectivity index (χ3n) is 4.62. The average Bonchev–Trinajstić information content (AvgIpc) is 3.44. The summed E-state index contributed by atoms with van der Waals surface area (Å²) >= 11 is 1.29. The molecule has 0 atom stereocenters. The lowest BCUT2D eigenvalue weighted by Gasteiger charge is -2.04. The molecule has 0 aliphatic rings. The Morgan fingerprint density at radius 3 is 2.86 bits per heavy atom. The Bertz CT molecular complexity index is 1360. The highest BCUT2D eigenvalue weighted by molar-refractivity contribution is 7.14. The van der Waals surface area contributed by atoms with E-state index in [1.165, 1.54) is 11.3 Å². The number of hydrogen-bond acceptors (Lipinski definition) is 6. The first-order chi connectivity index (χ1) is 14.1. The van der Waals surface area contributed by atoms with Crippen LogP contribution >= 0.6 is 11.3 Å². The molecule has 0 aliphatic carbocycles. The van der Waals surface area contributed by atoms with Crippen LogP contribution in [0.15, 0.2) is 64.8 Å². The number of Topliss-reactive ketones (excluding diaryl/α,β-unsaturated/α-hetero) is 1. The Labute approximate surface area is 167 Å². The zero-order valence-electron chi connectivity index (χ0n) is 14.9. The summed E-state index contributed by atoms with van der Waals surface area (Å²) in [6, 6.07) is 10.7. The number of hydrogen-bond donors (Lipinski definition) is 1. The van der Waals surface area contributed by atoms with E-state index < -0.39 is 5.97 Å². The number of para-hydroxylation sites is 2. The fourth-order valence-electron chi connectivity index (χ4n) is 3.27. The van der Waals surface area contributed by atoms with Gasteiger partial charge in [-0.1, -0.05) is 12.1 Å². The molecular formula is C21H13N3O4S. The number of carbonyl (C=O) groups is 2. The molecule has 4 aromatic heterocycles. The van der Waals surface area contributed by atoms with E-state index in [1.807, 2.05) is 28.8 Å². The number of thiophene rings is 1. The molecule has 0 amide bonds. The number of fused-ring (bicyclic) bond motifs is 2. The fourth-order valence-corrected chi connectivity index (χ4v) is 4.32. The van der Waals surface area contributed by atoms with Crippen LogP contribution < -0.4 is 0 Å². The second-order valence-corrected chi connectivity index (χ2v) is 7.35. The van der Waals surface area contributed by atoms with Gasteiger partial charge in [0.05, 0.1) is 10.4 Å². The van der Waals surface area contributed by atoms with Crippen LogP contribution in [0.5, 0.6) is 0 Å². The molecule has 1 N–H and O–H groups in total. The molecule has 0 fully saturated rings. The minimum absolute atomic E-state index is 0.0184. The summed E-state index contributed by atoms with van der Waals surface area (Å²) in [5.41, 5.74) is 3.20. The van der Waals surface area contributed by atoms with E-state index in [-0.39, 0.29) is 23.7 Å². The molecule has 4 heterocycles. The molecule has 29 heavy (non-hydrogen) atoms. The fraction of sp³-hybridized carbons (Fsp3) is 0.0476. The Kier molecular flexibility index (Phi) is 3.99. The van der Waals surface area contributed by atoms with E-state index in [9.17, 15) is 14.7 Å². The van der Waals surface area contributed by atoms with Gasteiger partial charge < -0.3 is 13.9 Å². The summed E-state index contributed by atoms with van der Waals surface area (Å²) < 4.78 is 7.34. The Morgan fingerprint density at radius 1 is 1.17 bits per heavy atom. The van der Waals surface area contributed by atoms with Crippen molar-refractivity contribution in [3.8, 4) is 10.4 Å². The number of benzene rings is 1. The van der Waals surface area contributed by atoms with Crippen molar-refractivity contribution < 1.29 is 19.1 Å². The number of oxazole rings is 1. The average molecular weight is 403 g/mol. The molecule has 0 spiro atoms. The lowest BCUT2D eigenvalue weighted by molar-refractivity contribution is 0.0697. The smallest absolute Gasteiger partial charge is 0.337 e. The zero-order chi connectivity index (χ0) is 20.0. The largest absolute Gasteiger partial charge is 0.478 e. The highest BCUT2D eigenvalue weighted by Gasteiger charge is 2.24. The summed E-state index contributed by atoms with van der Waals surface area (Å²) in [4.78, 5) is 33.7. The maximum absolute atomic E-state index is 12.7. The van der Waals surface area contributed by atoms with Crippen LogP contribution in [0.3, 0.4) is 0 Å². The van der Waals surface area contributed by atoms with Crippen molar-refractivity contribution in [1.29, 1.82) is 0 Å². The summed E-state index contributed by atoms with van der Waals surface area (Å²) in [6.07, 6.45) is 5.20. The Hall–Kier alpha value is -3.78. The van der Waals surface area contributed by atoms with Crippen molar-refractivity contribution in [1.82, 2.24) is 14.4 Å². The lowest BCUT2D eigenvalue weighted by atomic mass is 10.0. The van der Waals surface area contributed by atoms with Gasteiger partial charge >= 0.3 is 5.97 Å². The molecule has 0 unspecified atom stereocenters. The van der Waals surface area contributed by atoms with Crippen molar-refractivity contribution in [2.24, 2.45) is 0 Å². The molecule has 0 saturated carbocycles. The van der Waals surface area contributed by atoms with Crippen molar-refractivity contribution >= 4 is 39.8 Å². The van der Waals surface area contributed by atoms with Gasteiger partial charge in [0.2, 0.25) is 5.78 Å². The molecule has 0 saturated heterocycles. The van der Waals surface area contributed by atoms with Crippen LogP contribution in [0.25, 0.3) is 27.2 Å². The van der Waals surface area contributed by atoms with Crippen LogP contribution in [0.1, 0.15) is 26.6 Å². The molecule has 142 valence electrons. The van der Waals surface area contributed by atoms with E-state index in [2.05, 4.69) is 9.97 Å². The summed E-state index contributed by atoms with van der Waals surface area (Å²) in [6.45, 7) is 0. The SMILES string of the molecule is O=C(Cc1csc(-c2ccc3nccn3c2)c1C(=O)O)c1nc2ccccc2o1. The second kappa shape index (κ2) is 6.68. The van der Waals surface area contributed by atoms with Gasteiger partial charge in [0.25, 0.3) is 5.89 Å². The number of aromatic carboxylic acids is 1. The quantitative estimate of drug-likeness (QED) is 0.439. The molecule has 1 aromatic carbocycles. The van der Waals surface area contributed by atoms with Crippen molar-refractivity contribution in [2.45, 2.75) is 6.42 Å². The monoisotopic (exact) mass is 403 g/mol. The molecule has 5 aromatic rings. The van der Waals surface area contributed by atoms with Gasteiger partial charge in [0, 0.05) is 30.6 Å². The Balaban J connectivity index is 1.51. The van der Waals surface area contributed by atoms with E-state index in [0.29, 0.717) is 21.5 Å². The van der Waals surface area contributed by atoms with E-state index in [0.717, 1.165) is 11.2 Å². The number of rotatable bonds is 5. The first-order valence-corrected chi connectivity index (χ1v) is 9.63. The number of aromatic nitrogens is 3. The van der Waals surface area contributed by atoms with Gasteiger partial charge in [-0.15, -0.1) is 11.3 Å². The normalized spacial score (nSPS) is 11.3. The molecule has 0 bridgehead atoms. The van der Waals surface area contributed by atoms with E-state index in [4.69, 9.17) is 4.42 Å². The van der Waals surface area contributed by atoms with Gasteiger partial charge in [-0.3, -0.25) is 4.79 Å². The van der Waals surface area contributed by atoms with E-state index >= 15 is 0 Å². The third kappa shape index (κ3) is 2.99. The minimum atomic E-state index is -1.08. The van der Waals surface area contributed by atoms with Gasteiger partial charge in [0.15, 0.2) is 5.58 Å². The third-order valence-corrected chi connectivity index (χ3v) is 5.69. The first-order valence-electron chi connectivity index (χ1n) is 8.75. The number of imidazole rings is 1. The Morgan fingerprint density at radius 2 is 2.03 bits per heavy atom. The standard InChI is InChI=1S/C21H13N3O4S/c25-15(20-23-14-3-1-2-4-16(14)28-20)9-13-11-29-19(18(13)21(26)27)12-5-6-17-22-7-8-24(17)10-12/h1-8,10-11H,9H2,(H,26,27). The van der Waals surface area contributed by atoms with Crippen LogP contribution in [0, 0.1) is 0 Å². The highest BCUT2D eigenvalue weighted by atomic mass is 32.1. The number of carboxylic acid groups (broad SMARTS) is 1. The highest BCUT2D eigenvalue weighted by Crippen LogP contribution is 2.34. The van der Waals surface area contributed by atoms with Crippen LogP contribution in [0.4, 0.5) is 0 Å². The van der Waals surface area contributed by atoms with Crippen molar-refractivity contribution in [2.75, 3.05) is 0 Å². The number of ketones is 1. The summed E-state index contributed by atoms with van der Waals surface area (Å²) in [5.74, 6) is -1.46. The van der Waals surface area contributed by atoms with Crippen LogP contribution in [-0.2, 0) is 6.42 Å². The number of carboxylic acids is 1. The van der Waals surface area contributed by atoms with Gasteiger partial charge in [-0.25, -0.2) is 14.8 Å². The zero-order valence-corrected chi connectivity index (χ0v) is 15.7. The molecule has 0 aliphatic heterocycles. The molecule has 0 radical (unpaired) electrons. The minimum Gasteiger partial charge on any atom is -0.478 e. The number of carbonyl (C=O) groups excluding carboxylic acids is 1. The number of nitrogens with zero attached hydrogens (tertiary/aromatic N) is 3. The van der Waals surface area contributed by atoms with Gasteiger partial charge in [0.1, 0.15) is 11.2 Å². The summed E-state index contributed by atoms with van der Waals surface area (Å²) in [5, 5.41) is 11.5. The van der Waals surface area contributed by atoms with Gasteiger partial charge in [-0.2, -0.15) is 0 Å². The maximum Gasteiger partial charge on any atom is 0.337 e. The maximum atomic E-state index is 12.7.